The van der Waals surface area contributed by atoms with Crippen molar-refractivity contribution < 1.29 is 24.5 Å². The summed E-state index contributed by atoms with van der Waals surface area (Å²) >= 11 is 0. The first-order chi connectivity index (χ1) is 26.0. The summed E-state index contributed by atoms with van der Waals surface area (Å²) in [5, 5.41) is 23.5. The number of ether oxygens (including phenoxy) is 1. The van der Waals surface area contributed by atoms with Gasteiger partial charge < -0.3 is 20.3 Å². The highest BCUT2D eigenvalue weighted by Crippen LogP contribution is 2.16. The monoisotopic (exact) mass is 738 g/mol. The van der Waals surface area contributed by atoms with E-state index in [1.165, 1.54) is 44.9 Å². The average molecular weight is 738 g/mol. The Kier molecular flexibility index (Phi) is 38.0. The third kappa shape index (κ3) is 35.8. The highest BCUT2D eigenvalue weighted by Gasteiger charge is 2.23. The lowest BCUT2D eigenvalue weighted by Gasteiger charge is -2.24. The molecule has 1 amide bonds. The van der Waals surface area contributed by atoms with Crippen LogP contribution >= 0.6 is 0 Å². The quantitative estimate of drug-likeness (QED) is 0.0338. The zero-order valence-corrected chi connectivity index (χ0v) is 34.1. The maximum Gasteiger partial charge on any atom is 0.306 e. The number of carbonyl (C=O) groups is 2. The summed E-state index contributed by atoms with van der Waals surface area (Å²) in [6.07, 6.45) is 50.8. The molecule has 0 aliphatic heterocycles. The number of amides is 1. The van der Waals surface area contributed by atoms with Gasteiger partial charge in [0, 0.05) is 6.42 Å². The molecule has 0 rings (SSSR count). The van der Waals surface area contributed by atoms with Crippen molar-refractivity contribution in [2.45, 2.75) is 193 Å². The van der Waals surface area contributed by atoms with Crippen LogP contribution in [0.3, 0.4) is 0 Å². The van der Waals surface area contributed by atoms with Gasteiger partial charge in [0.15, 0.2) is 0 Å². The number of carbonyl (C=O) groups excluding carboxylic acids is 2. The number of allylic oxidation sites excluding steroid dienone is 14. The third-order valence-corrected chi connectivity index (χ3v) is 9.13. The van der Waals surface area contributed by atoms with Crippen molar-refractivity contribution >= 4 is 11.9 Å². The molecule has 0 heterocycles. The SMILES string of the molecule is CC/C=C/C=C/C=C\C=C/CCCC(CC(=O)NC(CO)C(O)CCCCCCCCCCCC)OC(=O)CCCCCCC\C=C/C=C/C=C/CC. The van der Waals surface area contributed by atoms with E-state index in [2.05, 4.69) is 74.7 Å². The van der Waals surface area contributed by atoms with E-state index in [0.29, 0.717) is 19.3 Å². The fourth-order valence-electron chi connectivity index (χ4n) is 5.91. The number of hydrogen-bond acceptors (Lipinski definition) is 5. The van der Waals surface area contributed by atoms with E-state index in [4.69, 9.17) is 4.74 Å². The van der Waals surface area contributed by atoms with E-state index < -0.39 is 18.2 Å². The Hall–Kier alpha value is -2.96. The fourth-order valence-corrected chi connectivity index (χ4v) is 5.91. The van der Waals surface area contributed by atoms with Crippen LogP contribution in [-0.2, 0) is 14.3 Å². The highest BCUT2D eigenvalue weighted by atomic mass is 16.5. The molecule has 0 aliphatic rings. The summed E-state index contributed by atoms with van der Waals surface area (Å²) in [4.78, 5) is 25.9. The summed E-state index contributed by atoms with van der Waals surface area (Å²) in [6.45, 7) is 6.13. The molecule has 0 aliphatic carbocycles. The smallest absolute Gasteiger partial charge is 0.306 e. The molecule has 3 N–H and O–H groups in total. The van der Waals surface area contributed by atoms with Crippen LogP contribution in [0, 0.1) is 0 Å². The fraction of sp³-hybridized carbons (Fsp3) is 0.660. The zero-order valence-electron chi connectivity index (χ0n) is 34.1. The molecule has 0 spiro atoms. The molecule has 0 saturated carbocycles. The second-order valence-electron chi connectivity index (χ2n) is 14.1. The van der Waals surface area contributed by atoms with Crippen LogP contribution < -0.4 is 5.32 Å². The molecule has 0 saturated heterocycles. The molecule has 0 aromatic heterocycles. The maximum absolute atomic E-state index is 13.1. The van der Waals surface area contributed by atoms with E-state index in [1.54, 1.807) is 0 Å². The number of nitrogens with one attached hydrogen (secondary N) is 1. The van der Waals surface area contributed by atoms with Gasteiger partial charge in [0.25, 0.3) is 0 Å². The zero-order chi connectivity index (χ0) is 38.9. The third-order valence-electron chi connectivity index (χ3n) is 9.13. The second kappa shape index (κ2) is 40.2. The van der Waals surface area contributed by atoms with Gasteiger partial charge >= 0.3 is 5.97 Å². The van der Waals surface area contributed by atoms with E-state index >= 15 is 0 Å². The summed E-state index contributed by atoms with van der Waals surface area (Å²) in [6, 6.07) is -0.728. The maximum atomic E-state index is 13.1. The minimum atomic E-state index is -0.810. The van der Waals surface area contributed by atoms with E-state index in [9.17, 15) is 19.8 Å². The van der Waals surface area contributed by atoms with Crippen molar-refractivity contribution in [3.8, 4) is 0 Å². The molecule has 3 atom stereocenters. The van der Waals surface area contributed by atoms with Crippen molar-refractivity contribution in [1.82, 2.24) is 5.32 Å². The van der Waals surface area contributed by atoms with Gasteiger partial charge in [-0.25, -0.2) is 0 Å². The first-order valence-corrected chi connectivity index (χ1v) is 21.4. The molecule has 0 bridgehead atoms. The summed E-state index contributed by atoms with van der Waals surface area (Å²) in [7, 11) is 0. The van der Waals surface area contributed by atoms with Gasteiger partial charge in [-0.1, -0.05) is 189 Å². The lowest BCUT2D eigenvalue weighted by atomic mass is 10.0. The Balaban J connectivity index is 4.75. The Bertz CT molecular complexity index is 1050. The Morgan fingerprint density at radius 1 is 0.566 bits per heavy atom. The molecule has 53 heavy (non-hydrogen) atoms. The first kappa shape index (κ1) is 50.0. The van der Waals surface area contributed by atoms with Gasteiger partial charge in [-0.15, -0.1) is 0 Å². The summed E-state index contributed by atoms with van der Waals surface area (Å²) in [5.74, 6) is -0.579. The molecule has 0 radical (unpaired) electrons. The van der Waals surface area contributed by atoms with Crippen LogP contribution in [-0.4, -0.2) is 46.9 Å². The molecule has 0 aromatic carbocycles. The van der Waals surface area contributed by atoms with Crippen LogP contribution in [0.15, 0.2) is 85.1 Å². The van der Waals surface area contributed by atoms with Crippen LogP contribution in [0.4, 0.5) is 0 Å². The predicted octanol–water partition coefficient (Wildman–Crippen LogP) is 12.1. The highest BCUT2D eigenvalue weighted by molar-refractivity contribution is 5.77. The number of rotatable bonds is 36. The Morgan fingerprint density at radius 2 is 1.04 bits per heavy atom. The van der Waals surface area contributed by atoms with E-state index in [-0.39, 0.29) is 24.9 Å². The van der Waals surface area contributed by atoms with Crippen molar-refractivity contribution in [1.29, 1.82) is 0 Å². The van der Waals surface area contributed by atoms with Gasteiger partial charge in [0.1, 0.15) is 6.10 Å². The largest absolute Gasteiger partial charge is 0.462 e. The molecule has 0 fully saturated rings. The Morgan fingerprint density at radius 3 is 1.58 bits per heavy atom. The average Bonchev–Trinajstić information content (AvgIpc) is 3.15. The molecular weight excluding hydrogens is 659 g/mol. The number of unbranched alkanes of at least 4 members (excludes halogenated alkanes) is 15. The summed E-state index contributed by atoms with van der Waals surface area (Å²) in [5.41, 5.74) is 0. The lowest BCUT2D eigenvalue weighted by molar-refractivity contribution is -0.151. The van der Waals surface area contributed by atoms with Crippen LogP contribution in [0.1, 0.15) is 175 Å². The van der Waals surface area contributed by atoms with Gasteiger partial charge in [-0.05, 0) is 57.8 Å². The van der Waals surface area contributed by atoms with Crippen molar-refractivity contribution in [3.63, 3.8) is 0 Å². The molecule has 0 aromatic rings. The van der Waals surface area contributed by atoms with Gasteiger partial charge in [0.05, 0.1) is 25.2 Å². The molecular formula is C47H79NO5. The Labute approximate surface area is 325 Å². The van der Waals surface area contributed by atoms with Crippen molar-refractivity contribution in [2.24, 2.45) is 0 Å². The number of aliphatic hydroxyl groups is 2. The standard InChI is InChI=1S/C47H79NO5/c1-4-7-10-13-16-19-22-23-25-28-31-34-37-40-47(52)53-43(38-35-32-29-26-24-20-17-14-11-8-5-2)41-46(51)48-44(42-49)45(50)39-36-33-30-27-21-18-15-12-9-6-3/h7-8,10-11,13-14,16-17,19-20,22,24,26,29,43-45,49-50H,4-6,9,12,15,18,21,23,25,27-28,30-42H2,1-3H3,(H,48,51)/b10-7+,11-8+,16-13+,17-14+,22-19-,24-20-,29-26-. The lowest BCUT2D eigenvalue weighted by Crippen LogP contribution is -2.46. The van der Waals surface area contributed by atoms with Gasteiger partial charge in [0.2, 0.25) is 5.91 Å². The predicted molar refractivity (Wildman–Crippen MR) is 227 cm³/mol. The normalized spacial score (nSPS) is 14.3. The van der Waals surface area contributed by atoms with Gasteiger partial charge in [-0.3, -0.25) is 9.59 Å². The summed E-state index contributed by atoms with van der Waals surface area (Å²) < 4.78 is 5.84. The minimum Gasteiger partial charge on any atom is -0.462 e. The number of esters is 1. The van der Waals surface area contributed by atoms with Gasteiger partial charge in [-0.2, -0.15) is 0 Å². The van der Waals surface area contributed by atoms with Crippen molar-refractivity contribution in [3.05, 3.63) is 85.1 Å². The van der Waals surface area contributed by atoms with Crippen LogP contribution in [0.2, 0.25) is 0 Å². The van der Waals surface area contributed by atoms with Crippen molar-refractivity contribution in [2.75, 3.05) is 6.61 Å². The van der Waals surface area contributed by atoms with E-state index in [1.807, 2.05) is 36.5 Å². The molecule has 3 unspecified atom stereocenters. The first-order valence-electron chi connectivity index (χ1n) is 21.4. The second-order valence-corrected chi connectivity index (χ2v) is 14.1. The molecule has 6 nitrogen and oxygen atoms in total. The molecule has 302 valence electrons. The van der Waals surface area contributed by atoms with Crippen LogP contribution in [0.25, 0.3) is 0 Å². The molecule has 6 heteroatoms. The number of hydrogen-bond donors (Lipinski definition) is 3. The number of aliphatic hydroxyl groups excluding tert-OH is 2. The van der Waals surface area contributed by atoms with Crippen LogP contribution in [0.5, 0.6) is 0 Å². The minimum absolute atomic E-state index is 0.0184. The van der Waals surface area contributed by atoms with E-state index in [0.717, 1.165) is 83.5 Å². The topological polar surface area (TPSA) is 95.9 Å².